The van der Waals surface area contributed by atoms with Crippen molar-refractivity contribution in [2.24, 2.45) is 5.84 Å². The van der Waals surface area contributed by atoms with Crippen LogP contribution in [0.1, 0.15) is 45.1 Å². The molecule has 1 atom stereocenters. The summed E-state index contributed by atoms with van der Waals surface area (Å²) in [7, 11) is 0. The first kappa shape index (κ1) is 14.7. The number of nitrogen functional groups attached to an aromatic ring is 1. The number of nitrogens with one attached hydrogen (secondary N) is 2. The van der Waals surface area contributed by atoms with E-state index in [4.69, 9.17) is 10.9 Å². The second-order valence-corrected chi connectivity index (χ2v) is 4.69. The van der Waals surface area contributed by atoms with Crippen LogP contribution in [0.15, 0.2) is 6.33 Å². The van der Waals surface area contributed by atoms with E-state index in [1.54, 1.807) is 0 Å². The number of rotatable bonds is 7. The van der Waals surface area contributed by atoms with Crippen LogP contribution in [0.25, 0.3) is 0 Å². The zero-order valence-corrected chi connectivity index (χ0v) is 11.3. The molecule has 0 radical (unpaired) electrons. The monoisotopic (exact) mass is 253 g/mol. The third-order valence-electron chi connectivity index (χ3n) is 2.78. The maximum atomic E-state index is 8.83. The molecule has 0 bridgehead atoms. The Morgan fingerprint density at radius 2 is 1.94 bits per heavy atom. The molecular weight excluding hydrogens is 230 g/mol. The summed E-state index contributed by atoms with van der Waals surface area (Å²) >= 11 is 0. The molecule has 0 spiro atoms. The standard InChI is InChI=1S/C12H23N5O/c1-8(2)10-11(14-7-15-12(10)17-13)16-9(3)5-4-6-18/h7-9,18H,4-6,13H2,1-3H3,(H2,14,15,16,17). The molecule has 0 amide bonds. The van der Waals surface area contributed by atoms with E-state index >= 15 is 0 Å². The molecule has 1 aromatic rings. The number of aliphatic hydroxyl groups excluding tert-OH is 1. The van der Waals surface area contributed by atoms with Crippen molar-refractivity contribution >= 4 is 11.6 Å². The van der Waals surface area contributed by atoms with Gasteiger partial charge < -0.3 is 15.8 Å². The maximum Gasteiger partial charge on any atom is 0.148 e. The number of hydrogen-bond acceptors (Lipinski definition) is 6. The summed E-state index contributed by atoms with van der Waals surface area (Å²) in [6, 6.07) is 0.246. The normalized spacial score (nSPS) is 12.6. The van der Waals surface area contributed by atoms with Crippen LogP contribution in [-0.2, 0) is 0 Å². The van der Waals surface area contributed by atoms with Gasteiger partial charge in [-0.05, 0) is 25.7 Å². The molecule has 1 rings (SSSR count). The van der Waals surface area contributed by atoms with Gasteiger partial charge in [0.2, 0.25) is 0 Å². The van der Waals surface area contributed by atoms with Crippen LogP contribution in [0.2, 0.25) is 0 Å². The Hall–Kier alpha value is -1.40. The Morgan fingerprint density at radius 1 is 1.28 bits per heavy atom. The molecule has 6 nitrogen and oxygen atoms in total. The summed E-state index contributed by atoms with van der Waals surface area (Å²) in [6.07, 6.45) is 3.16. The van der Waals surface area contributed by atoms with Gasteiger partial charge in [-0.1, -0.05) is 13.8 Å². The molecule has 0 aliphatic rings. The largest absolute Gasteiger partial charge is 0.396 e. The molecule has 1 aromatic heterocycles. The van der Waals surface area contributed by atoms with Gasteiger partial charge >= 0.3 is 0 Å². The third-order valence-corrected chi connectivity index (χ3v) is 2.78. The van der Waals surface area contributed by atoms with Crippen molar-refractivity contribution in [2.75, 3.05) is 17.3 Å². The Labute approximate surface area is 108 Å². The molecule has 0 fully saturated rings. The second-order valence-electron chi connectivity index (χ2n) is 4.69. The minimum atomic E-state index is 0.211. The van der Waals surface area contributed by atoms with Gasteiger partial charge in [-0.2, -0.15) is 0 Å². The predicted molar refractivity (Wildman–Crippen MR) is 73.3 cm³/mol. The van der Waals surface area contributed by atoms with Gasteiger partial charge in [0.05, 0.1) is 0 Å². The number of aliphatic hydroxyl groups is 1. The molecule has 0 aliphatic heterocycles. The lowest BCUT2D eigenvalue weighted by Gasteiger charge is -2.20. The minimum Gasteiger partial charge on any atom is -0.396 e. The highest BCUT2D eigenvalue weighted by Crippen LogP contribution is 2.28. The topological polar surface area (TPSA) is 96.1 Å². The molecule has 0 aromatic carbocycles. The predicted octanol–water partition coefficient (Wildman–Crippen LogP) is 1.46. The number of hydrogen-bond donors (Lipinski definition) is 4. The lowest BCUT2D eigenvalue weighted by atomic mass is 10.0. The molecule has 5 N–H and O–H groups in total. The van der Waals surface area contributed by atoms with E-state index < -0.39 is 0 Å². The fourth-order valence-corrected chi connectivity index (χ4v) is 1.88. The van der Waals surface area contributed by atoms with Crippen molar-refractivity contribution in [2.45, 2.75) is 45.6 Å². The van der Waals surface area contributed by atoms with Crippen molar-refractivity contribution in [1.82, 2.24) is 9.97 Å². The van der Waals surface area contributed by atoms with Crippen molar-refractivity contribution in [3.8, 4) is 0 Å². The van der Waals surface area contributed by atoms with E-state index in [2.05, 4.69) is 41.5 Å². The van der Waals surface area contributed by atoms with Crippen LogP contribution >= 0.6 is 0 Å². The van der Waals surface area contributed by atoms with Crippen molar-refractivity contribution in [3.63, 3.8) is 0 Å². The summed E-state index contributed by atoms with van der Waals surface area (Å²) in [5.74, 6) is 7.19. The Morgan fingerprint density at radius 3 is 2.50 bits per heavy atom. The minimum absolute atomic E-state index is 0.211. The van der Waals surface area contributed by atoms with Crippen LogP contribution in [0, 0.1) is 0 Å². The van der Waals surface area contributed by atoms with Gasteiger partial charge in [-0.25, -0.2) is 15.8 Å². The van der Waals surface area contributed by atoms with Crippen molar-refractivity contribution in [1.29, 1.82) is 0 Å². The molecular formula is C12H23N5O. The number of hydrazine groups is 1. The quantitative estimate of drug-likeness (QED) is 0.434. The van der Waals surface area contributed by atoms with Crippen LogP contribution in [-0.4, -0.2) is 27.7 Å². The Kier molecular flexibility index (Phi) is 5.80. The molecule has 1 unspecified atom stereocenters. The molecule has 0 saturated heterocycles. The van der Waals surface area contributed by atoms with Crippen LogP contribution in [0.3, 0.4) is 0 Å². The van der Waals surface area contributed by atoms with Gasteiger partial charge in [0, 0.05) is 18.2 Å². The van der Waals surface area contributed by atoms with Gasteiger partial charge in [0.15, 0.2) is 0 Å². The zero-order valence-electron chi connectivity index (χ0n) is 11.3. The van der Waals surface area contributed by atoms with E-state index in [0.29, 0.717) is 5.82 Å². The molecule has 0 aliphatic carbocycles. The van der Waals surface area contributed by atoms with Crippen LogP contribution in [0.4, 0.5) is 11.6 Å². The maximum absolute atomic E-state index is 8.83. The van der Waals surface area contributed by atoms with Gasteiger partial charge in [0.25, 0.3) is 0 Å². The smallest absolute Gasteiger partial charge is 0.148 e. The Balaban J connectivity index is 2.87. The third kappa shape index (κ3) is 3.82. The first-order chi connectivity index (χ1) is 8.60. The average molecular weight is 253 g/mol. The van der Waals surface area contributed by atoms with Crippen molar-refractivity contribution < 1.29 is 5.11 Å². The molecule has 18 heavy (non-hydrogen) atoms. The lowest BCUT2D eigenvalue weighted by Crippen LogP contribution is -2.20. The highest BCUT2D eigenvalue weighted by Gasteiger charge is 2.15. The SMILES string of the molecule is CC(CCCO)Nc1ncnc(NN)c1C(C)C. The summed E-state index contributed by atoms with van der Waals surface area (Å²) < 4.78 is 0. The van der Waals surface area contributed by atoms with E-state index in [-0.39, 0.29) is 18.6 Å². The number of aromatic nitrogens is 2. The van der Waals surface area contributed by atoms with Gasteiger partial charge in [-0.3, -0.25) is 0 Å². The first-order valence-electron chi connectivity index (χ1n) is 6.29. The molecule has 102 valence electrons. The fourth-order valence-electron chi connectivity index (χ4n) is 1.88. The summed E-state index contributed by atoms with van der Waals surface area (Å²) in [5, 5.41) is 12.2. The summed E-state index contributed by atoms with van der Waals surface area (Å²) in [6.45, 7) is 6.42. The van der Waals surface area contributed by atoms with E-state index in [0.717, 1.165) is 24.2 Å². The van der Waals surface area contributed by atoms with Crippen molar-refractivity contribution in [3.05, 3.63) is 11.9 Å². The molecule has 1 heterocycles. The molecule has 0 saturated carbocycles. The van der Waals surface area contributed by atoms with E-state index in [1.165, 1.54) is 6.33 Å². The fraction of sp³-hybridized carbons (Fsp3) is 0.667. The van der Waals surface area contributed by atoms with Crippen LogP contribution < -0.4 is 16.6 Å². The summed E-state index contributed by atoms with van der Waals surface area (Å²) in [4.78, 5) is 8.40. The summed E-state index contributed by atoms with van der Waals surface area (Å²) in [5.41, 5.74) is 3.58. The highest BCUT2D eigenvalue weighted by molar-refractivity contribution is 5.58. The highest BCUT2D eigenvalue weighted by atomic mass is 16.2. The van der Waals surface area contributed by atoms with Crippen LogP contribution in [0.5, 0.6) is 0 Å². The zero-order chi connectivity index (χ0) is 13.5. The Bertz CT molecular complexity index is 369. The average Bonchev–Trinajstić information content (AvgIpc) is 2.35. The van der Waals surface area contributed by atoms with E-state index in [9.17, 15) is 0 Å². The van der Waals surface area contributed by atoms with Gasteiger partial charge in [0.1, 0.15) is 18.0 Å². The van der Waals surface area contributed by atoms with Gasteiger partial charge in [-0.15, -0.1) is 0 Å². The lowest BCUT2D eigenvalue weighted by molar-refractivity contribution is 0.282. The molecule has 6 heteroatoms. The second kappa shape index (κ2) is 7.13. The number of anilines is 2. The number of nitrogens with two attached hydrogens (primary N) is 1. The number of nitrogens with zero attached hydrogens (tertiary/aromatic N) is 2. The van der Waals surface area contributed by atoms with E-state index in [1.807, 2.05) is 0 Å². The first-order valence-corrected chi connectivity index (χ1v) is 6.29.